The van der Waals surface area contributed by atoms with Gasteiger partial charge in [-0.05, 0) is 13.8 Å². The van der Waals surface area contributed by atoms with Gasteiger partial charge in [0.05, 0.1) is 17.6 Å². The Kier molecular flexibility index (Phi) is 2.56. The largest absolute Gasteiger partial charge is 0.245 e. The molecule has 1 unspecified atom stereocenters. The minimum Gasteiger partial charge on any atom is -0.245 e. The molecule has 0 saturated carbocycles. The van der Waals surface area contributed by atoms with E-state index < -0.39 is 6.17 Å². The van der Waals surface area contributed by atoms with Crippen LogP contribution in [-0.2, 0) is 0 Å². The highest BCUT2D eigenvalue weighted by Gasteiger charge is 2.17. The maximum atomic E-state index is 13.1. The smallest absolute Gasteiger partial charge is 0.163 e. The highest BCUT2D eigenvalue weighted by molar-refractivity contribution is 6.33. The van der Waals surface area contributed by atoms with Crippen LogP contribution in [0, 0.1) is 0 Å². The van der Waals surface area contributed by atoms with Crippen molar-refractivity contribution in [1.82, 2.24) is 19.7 Å². The van der Waals surface area contributed by atoms with Crippen LogP contribution in [0.1, 0.15) is 19.9 Å². The number of hydrogen-bond acceptors (Lipinski definition) is 3. The molecule has 0 aliphatic heterocycles. The number of rotatable bonds is 2. The zero-order chi connectivity index (χ0) is 11.0. The summed E-state index contributed by atoms with van der Waals surface area (Å²) in [5, 5.41) is 5.05. The zero-order valence-electron chi connectivity index (χ0n) is 8.35. The molecule has 2 atom stereocenters. The first-order valence-electron chi connectivity index (χ1n) is 4.59. The summed E-state index contributed by atoms with van der Waals surface area (Å²) >= 11 is 5.86. The van der Waals surface area contributed by atoms with Gasteiger partial charge in [-0.15, -0.1) is 0 Å². The first kappa shape index (κ1) is 10.3. The average molecular weight is 229 g/mol. The lowest BCUT2D eigenvalue weighted by Gasteiger charge is -2.13. The third-order valence-corrected chi connectivity index (χ3v) is 2.69. The molecule has 2 aromatic heterocycles. The molecule has 0 aromatic carbocycles. The number of fused-ring (bicyclic) bond motifs is 1. The topological polar surface area (TPSA) is 43.6 Å². The second-order valence-electron chi connectivity index (χ2n) is 3.41. The van der Waals surface area contributed by atoms with Crippen LogP contribution < -0.4 is 0 Å². The summed E-state index contributed by atoms with van der Waals surface area (Å²) in [7, 11) is 0. The molecule has 0 aliphatic carbocycles. The first-order valence-corrected chi connectivity index (χ1v) is 4.97. The van der Waals surface area contributed by atoms with Crippen LogP contribution in [-0.4, -0.2) is 25.9 Å². The van der Waals surface area contributed by atoms with E-state index in [1.807, 2.05) is 0 Å². The molecular formula is C9H10ClFN4. The van der Waals surface area contributed by atoms with Gasteiger partial charge in [0.2, 0.25) is 0 Å². The van der Waals surface area contributed by atoms with Crippen molar-refractivity contribution < 1.29 is 4.39 Å². The van der Waals surface area contributed by atoms with Crippen molar-refractivity contribution in [3.05, 3.63) is 17.7 Å². The minimum atomic E-state index is -0.998. The molecule has 0 radical (unpaired) electrons. The van der Waals surface area contributed by atoms with Gasteiger partial charge in [-0.3, -0.25) is 0 Å². The maximum absolute atomic E-state index is 13.1. The standard InChI is InChI=1S/C9H10ClFN4/c1-5(11)6(2)15-9-7(3-14-15)8(10)12-4-13-9/h3-6H,1-2H3/t5-,6?/m0/s1. The average Bonchev–Trinajstić information content (AvgIpc) is 2.61. The summed E-state index contributed by atoms with van der Waals surface area (Å²) in [6.07, 6.45) is 1.90. The van der Waals surface area contributed by atoms with Gasteiger partial charge in [-0.2, -0.15) is 5.10 Å². The van der Waals surface area contributed by atoms with Crippen LogP contribution in [0.25, 0.3) is 11.0 Å². The molecule has 0 aliphatic rings. The Hall–Kier alpha value is -1.23. The van der Waals surface area contributed by atoms with Crippen LogP contribution >= 0.6 is 11.6 Å². The Labute approximate surface area is 91.1 Å². The number of hydrogen-bond donors (Lipinski definition) is 0. The second kappa shape index (κ2) is 3.73. The van der Waals surface area contributed by atoms with Crippen molar-refractivity contribution in [3.63, 3.8) is 0 Å². The highest BCUT2D eigenvalue weighted by Crippen LogP contribution is 2.23. The van der Waals surface area contributed by atoms with E-state index in [1.54, 1.807) is 13.1 Å². The summed E-state index contributed by atoms with van der Waals surface area (Å²) in [4.78, 5) is 7.88. The number of nitrogens with zero attached hydrogens (tertiary/aromatic N) is 4. The third-order valence-electron chi connectivity index (χ3n) is 2.39. The molecule has 0 spiro atoms. The van der Waals surface area contributed by atoms with Gasteiger partial charge in [0.1, 0.15) is 17.7 Å². The molecule has 4 nitrogen and oxygen atoms in total. The highest BCUT2D eigenvalue weighted by atomic mass is 35.5. The number of halogens is 2. The van der Waals surface area contributed by atoms with Gasteiger partial charge in [0.25, 0.3) is 0 Å². The molecule has 0 bridgehead atoms. The van der Waals surface area contributed by atoms with Gasteiger partial charge in [-0.1, -0.05) is 11.6 Å². The fourth-order valence-electron chi connectivity index (χ4n) is 1.33. The SMILES string of the molecule is CC([C@H](C)F)n1ncc2c(Cl)ncnc21. The van der Waals surface area contributed by atoms with Crippen LogP contribution in [0.5, 0.6) is 0 Å². The van der Waals surface area contributed by atoms with Crippen molar-refractivity contribution in [2.75, 3.05) is 0 Å². The van der Waals surface area contributed by atoms with Gasteiger partial charge in [0, 0.05) is 0 Å². The van der Waals surface area contributed by atoms with Crippen molar-refractivity contribution in [1.29, 1.82) is 0 Å². The third kappa shape index (κ3) is 1.67. The fraction of sp³-hybridized carbons (Fsp3) is 0.444. The van der Waals surface area contributed by atoms with Crippen LogP contribution in [0.15, 0.2) is 12.5 Å². The summed E-state index contributed by atoms with van der Waals surface area (Å²) in [5.74, 6) is 0. The van der Waals surface area contributed by atoms with Crippen molar-refractivity contribution in [2.24, 2.45) is 0 Å². The first-order chi connectivity index (χ1) is 7.11. The lowest BCUT2D eigenvalue weighted by Crippen LogP contribution is -2.16. The van der Waals surface area contributed by atoms with E-state index in [0.29, 0.717) is 16.2 Å². The van der Waals surface area contributed by atoms with Crippen molar-refractivity contribution in [3.8, 4) is 0 Å². The van der Waals surface area contributed by atoms with Gasteiger partial charge in [-0.25, -0.2) is 19.0 Å². The molecule has 0 N–H and O–H groups in total. The van der Waals surface area contributed by atoms with Crippen LogP contribution in [0.2, 0.25) is 5.15 Å². The Balaban J connectivity index is 2.59. The number of aromatic nitrogens is 4. The lowest BCUT2D eigenvalue weighted by atomic mass is 10.2. The quantitative estimate of drug-likeness (QED) is 0.742. The van der Waals surface area contributed by atoms with Gasteiger partial charge in [0.15, 0.2) is 5.65 Å². The van der Waals surface area contributed by atoms with Crippen LogP contribution in [0.4, 0.5) is 4.39 Å². The van der Waals surface area contributed by atoms with E-state index in [4.69, 9.17) is 11.6 Å². The molecule has 0 amide bonds. The van der Waals surface area contributed by atoms with E-state index in [0.717, 1.165) is 0 Å². The Morgan fingerprint density at radius 3 is 2.80 bits per heavy atom. The molecule has 80 valence electrons. The minimum absolute atomic E-state index is 0.338. The number of alkyl halides is 1. The predicted molar refractivity (Wildman–Crippen MR) is 55.6 cm³/mol. The van der Waals surface area contributed by atoms with Gasteiger partial charge < -0.3 is 0 Å². The Bertz CT molecular complexity index is 482. The van der Waals surface area contributed by atoms with E-state index in [-0.39, 0.29) is 6.04 Å². The Morgan fingerprint density at radius 1 is 1.40 bits per heavy atom. The van der Waals surface area contributed by atoms with Crippen LogP contribution in [0.3, 0.4) is 0 Å². The summed E-state index contributed by atoms with van der Waals surface area (Å²) in [6.45, 7) is 3.23. The van der Waals surface area contributed by atoms with E-state index in [2.05, 4.69) is 15.1 Å². The van der Waals surface area contributed by atoms with E-state index in [9.17, 15) is 4.39 Å². The molecule has 2 aromatic rings. The lowest BCUT2D eigenvalue weighted by molar-refractivity contribution is 0.255. The molecular weight excluding hydrogens is 219 g/mol. The molecule has 6 heteroatoms. The molecule has 2 rings (SSSR count). The van der Waals surface area contributed by atoms with Crippen molar-refractivity contribution >= 4 is 22.6 Å². The second-order valence-corrected chi connectivity index (χ2v) is 3.77. The summed E-state index contributed by atoms with van der Waals surface area (Å²) in [5.41, 5.74) is 0.562. The van der Waals surface area contributed by atoms with E-state index >= 15 is 0 Å². The van der Waals surface area contributed by atoms with E-state index in [1.165, 1.54) is 17.9 Å². The fourth-order valence-corrected chi connectivity index (χ4v) is 1.50. The molecule has 2 heterocycles. The normalized spacial score (nSPS) is 15.5. The van der Waals surface area contributed by atoms with Gasteiger partial charge >= 0.3 is 0 Å². The molecule has 0 fully saturated rings. The Morgan fingerprint density at radius 2 is 2.13 bits per heavy atom. The maximum Gasteiger partial charge on any atom is 0.163 e. The van der Waals surface area contributed by atoms with Crippen molar-refractivity contribution in [2.45, 2.75) is 26.1 Å². The predicted octanol–water partition coefficient (Wildman–Crippen LogP) is 2.40. The summed E-state index contributed by atoms with van der Waals surface area (Å²) < 4.78 is 14.7. The summed E-state index contributed by atoms with van der Waals surface area (Å²) in [6, 6.07) is -0.367. The monoisotopic (exact) mass is 228 g/mol. The molecule has 15 heavy (non-hydrogen) atoms. The molecule has 0 saturated heterocycles. The zero-order valence-corrected chi connectivity index (χ0v) is 9.11.